The third kappa shape index (κ3) is 12.3. The van der Waals surface area contributed by atoms with Crippen LogP contribution in [0.4, 0.5) is 0 Å². The maximum Gasteiger partial charge on any atom is 0.326 e. The van der Waals surface area contributed by atoms with E-state index >= 15 is 0 Å². The first-order valence-electron chi connectivity index (χ1n) is 7.42. The lowest BCUT2D eigenvalue weighted by Crippen LogP contribution is -2.20. The van der Waals surface area contributed by atoms with Crippen molar-refractivity contribution in [3.63, 3.8) is 0 Å². The first-order valence-corrected chi connectivity index (χ1v) is 13.8. The van der Waals surface area contributed by atoms with Gasteiger partial charge in [0.05, 0.1) is 0 Å². The minimum atomic E-state index is -4.61. The van der Waals surface area contributed by atoms with E-state index in [2.05, 4.69) is 8.37 Å². The smallest absolute Gasteiger partial charge is 0.326 e. The summed E-state index contributed by atoms with van der Waals surface area (Å²) in [6.07, 6.45) is 0. The Balaban J connectivity index is 0.000000300. The standard InChI is InChI=1S/2C7H8O6S2/c2*8-14(9,10)6-15(11,12)13-7-4-2-1-3-5-7/h2*1-5H,6H2,(H,8,9,10). The van der Waals surface area contributed by atoms with Gasteiger partial charge in [-0.15, -0.1) is 0 Å². The Morgan fingerprint density at radius 1 is 0.533 bits per heavy atom. The Bertz CT molecular complexity index is 1130. The van der Waals surface area contributed by atoms with Gasteiger partial charge < -0.3 is 8.37 Å². The van der Waals surface area contributed by atoms with Gasteiger partial charge in [-0.2, -0.15) is 33.7 Å². The van der Waals surface area contributed by atoms with Crippen LogP contribution in [0.1, 0.15) is 0 Å². The first kappa shape index (κ1) is 25.8. The van der Waals surface area contributed by atoms with Gasteiger partial charge in [0.15, 0.2) is 0 Å². The zero-order chi connectivity index (χ0) is 23.1. The molecule has 2 rings (SSSR count). The van der Waals surface area contributed by atoms with E-state index in [1.54, 1.807) is 12.1 Å². The molecular formula is C14H16O12S4. The highest BCUT2D eigenvalue weighted by atomic mass is 32.3. The van der Waals surface area contributed by atoms with Gasteiger partial charge >= 0.3 is 20.2 Å². The van der Waals surface area contributed by atoms with Crippen LogP contribution in [0, 0.1) is 0 Å². The molecule has 168 valence electrons. The second kappa shape index (κ2) is 10.2. The summed E-state index contributed by atoms with van der Waals surface area (Å²) in [4.78, 5) is 0. The average Bonchev–Trinajstić information content (AvgIpc) is 2.51. The third-order valence-electron chi connectivity index (χ3n) is 2.52. The van der Waals surface area contributed by atoms with E-state index in [1.165, 1.54) is 48.5 Å². The maximum absolute atomic E-state index is 11.1. The van der Waals surface area contributed by atoms with Crippen LogP contribution in [-0.2, 0) is 40.5 Å². The second-order valence-electron chi connectivity index (χ2n) is 5.31. The molecule has 0 aliphatic heterocycles. The highest BCUT2D eigenvalue weighted by Crippen LogP contribution is 2.13. The molecule has 12 nitrogen and oxygen atoms in total. The molecule has 0 unspecified atom stereocenters. The number of benzene rings is 2. The van der Waals surface area contributed by atoms with Gasteiger partial charge in [0.1, 0.15) is 11.5 Å². The monoisotopic (exact) mass is 504 g/mol. The SMILES string of the molecule is O=S(=O)(O)CS(=O)(=O)Oc1ccccc1.O=S(=O)(O)CS(=O)(=O)Oc1ccccc1. The second-order valence-corrected chi connectivity index (χ2v) is 12.1. The topological polar surface area (TPSA) is 195 Å². The Kier molecular flexibility index (Phi) is 8.76. The third-order valence-corrected chi connectivity index (χ3v) is 8.10. The molecule has 0 aromatic heterocycles. The van der Waals surface area contributed by atoms with E-state index in [1.807, 2.05) is 0 Å². The Labute approximate surface area is 173 Å². The predicted octanol–water partition coefficient (Wildman–Crippen LogP) is 0.481. The van der Waals surface area contributed by atoms with E-state index in [4.69, 9.17) is 9.11 Å². The molecule has 2 aromatic rings. The minimum Gasteiger partial charge on any atom is -0.382 e. The van der Waals surface area contributed by atoms with Crippen LogP contribution in [0.5, 0.6) is 11.5 Å². The minimum absolute atomic E-state index is 0.0128. The fraction of sp³-hybridized carbons (Fsp3) is 0.143. The van der Waals surface area contributed by atoms with Crippen molar-refractivity contribution in [2.45, 2.75) is 0 Å². The van der Waals surface area contributed by atoms with Crippen molar-refractivity contribution >= 4 is 40.5 Å². The van der Waals surface area contributed by atoms with E-state index in [-0.39, 0.29) is 11.5 Å². The van der Waals surface area contributed by atoms with Gasteiger partial charge in [0.25, 0.3) is 20.2 Å². The molecule has 0 amide bonds. The van der Waals surface area contributed by atoms with Crippen LogP contribution < -0.4 is 8.37 Å². The van der Waals surface area contributed by atoms with Crippen molar-refractivity contribution in [3.8, 4) is 11.5 Å². The van der Waals surface area contributed by atoms with Crippen LogP contribution in [0.3, 0.4) is 0 Å². The number of hydrogen-bond acceptors (Lipinski definition) is 10. The first-order chi connectivity index (χ1) is 13.6. The van der Waals surface area contributed by atoms with Crippen molar-refractivity contribution in [1.29, 1.82) is 0 Å². The highest BCUT2D eigenvalue weighted by Gasteiger charge is 2.22. The van der Waals surface area contributed by atoms with Crippen LogP contribution in [0.15, 0.2) is 60.7 Å². The Morgan fingerprint density at radius 2 is 0.800 bits per heavy atom. The number of para-hydroxylation sites is 2. The van der Waals surface area contributed by atoms with Gasteiger partial charge in [-0.3, -0.25) is 9.11 Å². The molecule has 0 heterocycles. The van der Waals surface area contributed by atoms with E-state index in [0.717, 1.165) is 0 Å². The zero-order valence-electron chi connectivity index (χ0n) is 14.8. The van der Waals surface area contributed by atoms with Crippen molar-refractivity contribution in [2.24, 2.45) is 0 Å². The van der Waals surface area contributed by atoms with Gasteiger partial charge in [0.2, 0.25) is 10.2 Å². The molecule has 30 heavy (non-hydrogen) atoms. The van der Waals surface area contributed by atoms with Crippen molar-refractivity contribution in [1.82, 2.24) is 0 Å². The summed E-state index contributed by atoms with van der Waals surface area (Å²) >= 11 is 0. The molecule has 0 bridgehead atoms. The van der Waals surface area contributed by atoms with E-state index in [9.17, 15) is 33.7 Å². The van der Waals surface area contributed by atoms with E-state index < -0.39 is 50.6 Å². The summed E-state index contributed by atoms with van der Waals surface area (Å²) in [5.74, 6) is -0.0256. The lowest BCUT2D eigenvalue weighted by atomic mass is 10.3. The largest absolute Gasteiger partial charge is 0.382 e. The molecule has 2 aromatic carbocycles. The highest BCUT2D eigenvalue weighted by molar-refractivity contribution is 8.03. The summed E-state index contributed by atoms with van der Waals surface area (Å²) < 4.78 is 111. The molecule has 0 radical (unpaired) electrons. The van der Waals surface area contributed by atoms with Gasteiger partial charge in [0, 0.05) is 0 Å². The maximum atomic E-state index is 11.1. The Hall–Kier alpha value is -2.24. The summed E-state index contributed by atoms with van der Waals surface area (Å²) in [5, 5.41) is -2.93. The van der Waals surface area contributed by atoms with Gasteiger partial charge in [-0.25, -0.2) is 0 Å². The summed E-state index contributed by atoms with van der Waals surface area (Å²) in [6.45, 7) is 0. The molecule has 0 aliphatic rings. The molecule has 0 aliphatic carbocycles. The normalized spacial score (nSPS) is 12.3. The molecular weight excluding hydrogens is 488 g/mol. The molecule has 0 saturated heterocycles. The van der Waals surface area contributed by atoms with E-state index in [0.29, 0.717) is 0 Å². The average molecular weight is 505 g/mol. The van der Waals surface area contributed by atoms with Crippen LogP contribution in [0.2, 0.25) is 0 Å². The van der Waals surface area contributed by atoms with Gasteiger partial charge in [-0.1, -0.05) is 36.4 Å². The zero-order valence-corrected chi connectivity index (χ0v) is 18.1. The van der Waals surface area contributed by atoms with Gasteiger partial charge in [-0.05, 0) is 24.3 Å². The lowest BCUT2D eigenvalue weighted by molar-refractivity contribution is 0.469. The quantitative estimate of drug-likeness (QED) is 0.373. The molecule has 0 saturated carbocycles. The van der Waals surface area contributed by atoms with Crippen molar-refractivity contribution in [3.05, 3.63) is 60.7 Å². The molecule has 0 atom stereocenters. The number of hydrogen-bond donors (Lipinski definition) is 2. The van der Waals surface area contributed by atoms with Crippen molar-refractivity contribution in [2.75, 3.05) is 10.2 Å². The lowest BCUT2D eigenvalue weighted by Gasteiger charge is -2.04. The molecule has 0 spiro atoms. The number of rotatable bonds is 8. The Morgan fingerprint density at radius 3 is 1.03 bits per heavy atom. The summed E-state index contributed by atoms with van der Waals surface area (Å²) in [5.41, 5.74) is 0. The molecule has 2 N–H and O–H groups in total. The van der Waals surface area contributed by atoms with Crippen molar-refractivity contribution < 1.29 is 51.1 Å². The van der Waals surface area contributed by atoms with Crippen LogP contribution in [0.25, 0.3) is 0 Å². The summed E-state index contributed by atoms with van der Waals surface area (Å²) in [6, 6.07) is 14.8. The molecule has 16 heteroatoms. The van der Waals surface area contributed by atoms with Crippen LogP contribution >= 0.6 is 0 Å². The fourth-order valence-corrected chi connectivity index (χ4v) is 5.77. The fourth-order valence-electron chi connectivity index (χ4n) is 1.66. The molecule has 0 fully saturated rings. The van der Waals surface area contributed by atoms with Crippen LogP contribution in [-0.4, -0.2) is 52.9 Å². The predicted molar refractivity (Wildman–Crippen MR) is 105 cm³/mol. The summed E-state index contributed by atoms with van der Waals surface area (Å²) in [7, 11) is -17.9.